The van der Waals surface area contributed by atoms with Crippen LogP contribution in [0.5, 0.6) is 17.4 Å². The Morgan fingerprint density at radius 1 is 0.943 bits per heavy atom. The summed E-state index contributed by atoms with van der Waals surface area (Å²) in [7, 11) is 1.62. The van der Waals surface area contributed by atoms with Crippen molar-refractivity contribution in [2.45, 2.75) is 18.8 Å². The van der Waals surface area contributed by atoms with Gasteiger partial charge in [-0.2, -0.15) is 0 Å². The van der Waals surface area contributed by atoms with E-state index in [1.165, 1.54) is 6.33 Å². The lowest BCUT2D eigenvalue weighted by Gasteiger charge is -2.32. The number of piperidine rings is 1. The van der Waals surface area contributed by atoms with E-state index in [9.17, 15) is 4.79 Å². The molecule has 9 nitrogen and oxygen atoms in total. The quantitative estimate of drug-likeness (QED) is 0.416. The molecule has 1 amide bonds. The van der Waals surface area contributed by atoms with E-state index in [0.717, 1.165) is 35.5 Å². The van der Waals surface area contributed by atoms with Crippen molar-refractivity contribution < 1.29 is 14.3 Å². The Kier molecular flexibility index (Phi) is 6.56. The zero-order valence-electron chi connectivity index (χ0n) is 19.2. The molecule has 1 aromatic carbocycles. The fraction of sp³-hybridized carbons (Fsp3) is 0.231. The lowest BCUT2D eigenvalue weighted by atomic mass is 9.94. The maximum absolute atomic E-state index is 13.2. The first kappa shape index (κ1) is 22.4. The number of amides is 1. The molecule has 1 atom stereocenters. The second kappa shape index (κ2) is 10.3. The number of benzene rings is 1. The highest BCUT2D eigenvalue weighted by Gasteiger charge is 2.29. The van der Waals surface area contributed by atoms with E-state index >= 15 is 0 Å². The van der Waals surface area contributed by atoms with Gasteiger partial charge in [-0.05, 0) is 49.2 Å². The molecule has 1 aliphatic heterocycles. The Morgan fingerprint density at radius 3 is 2.46 bits per heavy atom. The average Bonchev–Trinajstić information content (AvgIpc) is 2.94. The SMILES string of the molecule is COc1ccc(Oc2nccnc2C2CCCN(C(=O)c3ccc(-c4cncnc4)nc3)C2)cc1. The summed E-state index contributed by atoms with van der Waals surface area (Å²) >= 11 is 0. The summed E-state index contributed by atoms with van der Waals surface area (Å²) < 4.78 is 11.3. The predicted molar refractivity (Wildman–Crippen MR) is 128 cm³/mol. The van der Waals surface area contributed by atoms with Crippen molar-refractivity contribution in [3.63, 3.8) is 0 Å². The fourth-order valence-corrected chi connectivity index (χ4v) is 4.14. The summed E-state index contributed by atoms with van der Waals surface area (Å²) in [5, 5.41) is 0. The van der Waals surface area contributed by atoms with E-state index in [1.807, 2.05) is 35.2 Å². The van der Waals surface area contributed by atoms with Crippen molar-refractivity contribution in [3.8, 4) is 28.6 Å². The smallest absolute Gasteiger partial charge is 0.255 e. The average molecular weight is 469 g/mol. The number of rotatable bonds is 6. The number of carbonyl (C=O) groups is 1. The maximum atomic E-state index is 13.2. The molecule has 0 aliphatic carbocycles. The molecule has 35 heavy (non-hydrogen) atoms. The molecule has 0 N–H and O–H groups in total. The van der Waals surface area contributed by atoms with Gasteiger partial charge in [0.1, 0.15) is 23.5 Å². The van der Waals surface area contributed by atoms with Crippen LogP contribution in [0.2, 0.25) is 0 Å². The fourth-order valence-electron chi connectivity index (χ4n) is 4.14. The molecule has 0 saturated carbocycles. The van der Waals surface area contributed by atoms with Gasteiger partial charge in [0.15, 0.2) is 0 Å². The van der Waals surface area contributed by atoms with E-state index in [2.05, 4.69) is 24.9 Å². The number of nitrogens with zero attached hydrogens (tertiary/aromatic N) is 6. The van der Waals surface area contributed by atoms with Gasteiger partial charge < -0.3 is 14.4 Å². The molecule has 3 aromatic heterocycles. The van der Waals surface area contributed by atoms with E-state index in [0.29, 0.717) is 30.3 Å². The number of likely N-dealkylation sites (tertiary alicyclic amines) is 1. The zero-order valence-corrected chi connectivity index (χ0v) is 19.2. The highest BCUT2D eigenvalue weighted by molar-refractivity contribution is 5.94. The summed E-state index contributed by atoms with van der Waals surface area (Å²) in [5.41, 5.74) is 2.81. The molecule has 5 rings (SSSR count). The minimum atomic E-state index is -0.0559. The second-order valence-corrected chi connectivity index (χ2v) is 8.17. The van der Waals surface area contributed by atoms with Crippen LogP contribution in [0.25, 0.3) is 11.3 Å². The highest BCUT2D eigenvalue weighted by Crippen LogP contribution is 2.33. The van der Waals surface area contributed by atoms with Gasteiger partial charge in [-0.3, -0.25) is 14.8 Å². The van der Waals surface area contributed by atoms with Crippen molar-refractivity contribution in [1.82, 2.24) is 29.8 Å². The standard InChI is InChI=1S/C26H24N6O3/c1-34-21-5-7-22(8-6-21)35-25-24(29-10-11-30-25)19-3-2-12-32(16-19)26(33)18-4-9-23(31-15-18)20-13-27-17-28-14-20/h4-11,13-15,17,19H,2-3,12,16H2,1H3. The monoisotopic (exact) mass is 468 g/mol. The Bertz CT molecular complexity index is 1280. The largest absolute Gasteiger partial charge is 0.497 e. The third kappa shape index (κ3) is 5.08. The molecule has 1 aliphatic rings. The van der Waals surface area contributed by atoms with Crippen LogP contribution in [0.3, 0.4) is 0 Å². The number of ether oxygens (including phenoxy) is 2. The second-order valence-electron chi connectivity index (χ2n) is 8.17. The van der Waals surface area contributed by atoms with Gasteiger partial charge in [0, 0.05) is 55.6 Å². The number of hydrogen-bond donors (Lipinski definition) is 0. The molecule has 9 heteroatoms. The molecule has 0 spiro atoms. The molecule has 4 aromatic rings. The van der Waals surface area contributed by atoms with Gasteiger partial charge >= 0.3 is 0 Å². The van der Waals surface area contributed by atoms with Crippen LogP contribution in [-0.4, -0.2) is 55.9 Å². The van der Waals surface area contributed by atoms with Crippen molar-refractivity contribution in [2.75, 3.05) is 20.2 Å². The van der Waals surface area contributed by atoms with Crippen molar-refractivity contribution in [2.24, 2.45) is 0 Å². The van der Waals surface area contributed by atoms with E-state index in [4.69, 9.17) is 9.47 Å². The molecule has 176 valence electrons. The van der Waals surface area contributed by atoms with E-state index in [1.54, 1.807) is 44.2 Å². The number of aromatic nitrogens is 5. The molecule has 0 bridgehead atoms. The van der Waals surface area contributed by atoms with Gasteiger partial charge in [-0.15, -0.1) is 0 Å². The topological polar surface area (TPSA) is 103 Å². The molecule has 1 saturated heterocycles. The third-order valence-electron chi connectivity index (χ3n) is 5.93. The first-order valence-electron chi connectivity index (χ1n) is 11.3. The summed E-state index contributed by atoms with van der Waals surface area (Å²) in [4.78, 5) is 36.6. The van der Waals surface area contributed by atoms with Gasteiger partial charge in [0.05, 0.1) is 18.4 Å². The number of hydrogen-bond acceptors (Lipinski definition) is 8. The lowest BCUT2D eigenvalue weighted by molar-refractivity contribution is 0.0704. The van der Waals surface area contributed by atoms with Crippen molar-refractivity contribution in [1.29, 1.82) is 0 Å². The Morgan fingerprint density at radius 2 is 1.71 bits per heavy atom. The molecule has 0 radical (unpaired) electrons. The van der Waals surface area contributed by atoms with Crippen LogP contribution in [0.1, 0.15) is 34.8 Å². The highest BCUT2D eigenvalue weighted by atomic mass is 16.5. The summed E-state index contributed by atoms with van der Waals surface area (Å²) in [5.74, 6) is 1.81. The van der Waals surface area contributed by atoms with E-state index < -0.39 is 0 Å². The Labute approximate surface area is 202 Å². The summed E-state index contributed by atoms with van der Waals surface area (Å²) in [6, 6.07) is 10.9. The molecular weight excluding hydrogens is 444 g/mol. The first-order valence-corrected chi connectivity index (χ1v) is 11.3. The van der Waals surface area contributed by atoms with Crippen LogP contribution in [0, 0.1) is 0 Å². The number of methoxy groups -OCH3 is 1. The molecular formula is C26H24N6O3. The molecule has 1 fully saturated rings. The van der Waals surface area contributed by atoms with Crippen LogP contribution < -0.4 is 9.47 Å². The Hall–Kier alpha value is -4.40. The minimum Gasteiger partial charge on any atom is -0.497 e. The van der Waals surface area contributed by atoms with Crippen LogP contribution in [-0.2, 0) is 0 Å². The third-order valence-corrected chi connectivity index (χ3v) is 5.93. The van der Waals surface area contributed by atoms with E-state index in [-0.39, 0.29) is 11.8 Å². The van der Waals surface area contributed by atoms with Gasteiger partial charge in [0.25, 0.3) is 5.91 Å². The Balaban J connectivity index is 1.30. The van der Waals surface area contributed by atoms with Crippen LogP contribution in [0.4, 0.5) is 0 Å². The zero-order chi connectivity index (χ0) is 24.0. The van der Waals surface area contributed by atoms with Crippen molar-refractivity contribution in [3.05, 3.63) is 85.0 Å². The summed E-state index contributed by atoms with van der Waals surface area (Å²) in [6.45, 7) is 1.21. The number of carbonyl (C=O) groups excluding carboxylic acids is 1. The van der Waals surface area contributed by atoms with Crippen LogP contribution >= 0.6 is 0 Å². The lowest BCUT2D eigenvalue weighted by Crippen LogP contribution is -2.39. The normalized spacial score (nSPS) is 15.5. The minimum absolute atomic E-state index is 0.0170. The molecule has 4 heterocycles. The van der Waals surface area contributed by atoms with Crippen LogP contribution in [0.15, 0.2) is 73.7 Å². The van der Waals surface area contributed by atoms with Gasteiger partial charge in [-0.1, -0.05) is 0 Å². The first-order chi connectivity index (χ1) is 17.2. The maximum Gasteiger partial charge on any atom is 0.255 e. The van der Waals surface area contributed by atoms with Crippen molar-refractivity contribution >= 4 is 5.91 Å². The van der Waals surface area contributed by atoms with Gasteiger partial charge in [-0.25, -0.2) is 15.0 Å². The molecule has 1 unspecified atom stereocenters. The number of pyridine rings is 1. The van der Waals surface area contributed by atoms with Gasteiger partial charge in [0.2, 0.25) is 5.88 Å². The summed E-state index contributed by atoms with van der Waals surface area (Å²) in [6.07, 6.45) is 11.5. The predicted octanol–water partition coefficient (Wildman–Crippen LogP) is 4.15.